The number of hydrogen-bond donors (Lipinski definition) is 3. The predicted molar refractivity (Wildman–Crippen MR) is 81.2 cm³/mol. The monoisotopic (exact) mass is 301 g/mol. The molecule has 1 fully saturated rings. The van der Waals surface area contributed by atoms with Crippen LogP contribution in [0.5, 0.6) is 5.75 Å². The van der Waals surface area contributed by atoms with Gasteiger partial charge in [-0.25, -0.2) is 0 Å². The number of rotatable bonds is 3. The van der Waals surface area contributed by atoms with Crippen LogP contribution in [0.15, 0.2) is 24.3 Å². The summed E-state index contributed by atoms with van der Waals surface area (Å²) >= 11 is 0. The Morgan fingerprint density at radius 3 is 2.60 bits per heavy atom. The lowest BCUT2D eigenvalue weighted by atomic mass is 9.70. The molecule has 0 amide bonds. The Morgan fingerprint density at radius 1 is 1.30 bits per heavy atom. The van der Waals surface area contributed by atoms with Crippen LogP contribution >= 0.6 is 12.4 Å². The van der Waals surface area contributed by atoms with Gasteiger partial charge >= 0.3 is 0 Å². The molecular formula is C15H24ClNO3. The molecule has 114 valence electrons. The summed E-state index contributed by atoms with van der Waals surface area (Å²) < 4.78 is 0. The number of aromatic hydroxyl groups is 1. The molecule has 1 aliphatic carbocycles. The number of halogens is 1. The van der Waals surface area contributed by atoms with E-state index in [0.29, 0.717) is 12.0 Å². The minimum atomic E-state index is -1.07. The lowest BCUT2D eigenvalue weighted by Crippen LogP contribution is -2.46. The maximum Gasteiger partial charge on any atom is 0.115 e. The van der Waals surface area contributed by atoms with Crippen LogP contribution in [0.25, 0.3) is 0 Å². The Morgan fingerprint density at radius 2 is 2.00 bits per heavy atom. The molecule has 4 nitrogen and oxygen atoms in total. The zero-order valence-corrected chi connectivity index (χ0v) is 12.8. The third-order valence-electron chi connectivity index (χ3n) is 4.00. The zero-order valence-electron chi connectivity index (χ0n) is 12.0. The first-order chi connectivity index (χ1) is 8.91. The molecule has 0 bridgehead atoms. The fourth-order valence-corrected chi connectivity index (χ4v) is 3.07. The highest BCUT2D eigenvalue weighted by molar-refractivity contribution is 5.85. The summed E-state index contributed by atoms with van der Waals surface area (Å²) in [6.07, 6.45) is 1.35. The number of nitrogens with zero attached hydrogens (tertiary/aromatic N) is 1. The van der Waals surface area contributed by atoms with Gasteiger partial charge in [0.25, 0.3) is 0 Å². The summed E-state index contributed by atoms with van der Waals surface area (Å²) in [6, 6.07) is 6.74. The van der Waals surface area contributed by atoms with Gasteiger partial charge < -0.3 is 20.2 Å². The number of aliphatic hydroxyl groups is 2. The molecule has 0 spiro atoms. The van der Waals surface area contributed by atoms with E-state index < -0.39 is 11.7 Å². The topological polar surface area (TPSA) is 63.9 Å². The van der Waals surface area contributed by atoms with Gasteiger partial charge in [-0.1, -0.05) is 12.1 Å². The molecule has 0 saturated heterocycles. The van der Waals surface area contributed by atoms with Crippen molar-refractivity contribution in [1.29, 1.82) is 0 Å². The molecule has 20 heavy (non-hydrogen) atoms. The smallest absolute Gasteiger partial charge is 0.115 e. The van der Waals surface area contributed by atoms with Crippen molar-refractivity contribution >= 4 is 12.4 Å². The molecule has 5 heteroatoms. The van der Waals surface area contributed by atoms with Gasteiger partial charge in [-0.2, -0.15) is 0 Å². The number of phenols is 1. The number of aliphatic hydroxyl groups excluding tert-OH is 1. The predicted octanol–water partition coefficient (Wildman–Crippen LogP) is 1.72. The van der Waals surface area contributed by atoms with Crippen LogP contribution in [0.3, 0.4) is 0 Å². The van der Waals surface area contributed by atoms with Crippen LogP contribution < -0.4 is 0 Å². The fourth-order valence-electron chi connectivity index (χ4n) is 3.07. The molecule has 3 unspecified atom stereocenters. The number of hydrogen-bond acceptors (Lipinski definition) is 4. The average Bonchev–Trinajstić information content (AvgIpc) is 2.32. The molecular weight excluding hydrogens is 278 g/mol. The third-order valence-corrected chi connectivity index (χ3v) is 4.00. The van der Waals surface area contributed by atoms with Crippen molar-refractivity contribution < 1.29 is 15.3 Å². The third kappa shape index (κ3) is 3.64. The highest BCUT2D eigenvalue weighted by Crippen LogP contribution is 2.42. The van der Waals surface area contributed by atoms with E-state index in [2.05, 4.69) is 4.90 Å². The molecule has 0 aliphatic heterocycles. The molecule has 2 rings (SSSR count). The summed E-state index contributed by atoms with van der Waals surface area (Å²) in [6.45, 7) is 0.763. The maximum atomic E-state index is 11.0. The van der Waals surface area contributed by atoms with Gasteiger partial charge in [-0.3, -0.25) is 0 Å². The van der Waals surface area contributed by atoms with Crippen molar-refractivity contribution in [3.05, 3.63) is 29.8 Å². The molecule has 1 aromatic rings. The van der Waals surface area contributed by atoms with Crippen molar-refractivity contribution in [1.82, 2.24) is 4.90 Å². The standard InChI is InChI=1S/C15H23NO3.ClH/c1-16(2)10-12-6-7-14(18)9-15(12,19)11-4-3-5-13(17)8-11;/h3-5,8,12,14,17-19H,6-7,9-10H2,1-2H3;1H. The van der Waals surface area contributed by atoms with E-state index >= 15 is 0 Å². The van der Waals surface area contributed by atoms with Crippen molar-refractivity contribution in [2.45, 2.75) is 31.0 Å². The van der Waals surface area contributed by atoms with Crippen LogP contribution in [0.4, 0.5) is 0 Å². The highest BCUT2D eigenvalue weighted by atomic mass is 35.5. The summed E-state index contributed by atoms with van der Waals surface area (Å²) in [5.41, 5.74) is -0.376. The van der Waals surface area contributed by atoms with E-state index in [1.807, 2.05) is 20.2 Å². The van der Waals surface area contributed by atoms with E-state index in [1.54, 1.807) is 18.2 Å². The molecule has 1 aliphatic rings. The zero-order chi connectivity index (χ0) is 14.0. The minimum Gasteiger partial charge on any atom is -0.508 e. The summed E-state index contributed by atoms with van der Waals surface area (Å²) in [4.78, 5) is 2.05. The number of benzene rings is 1. The molecule has 0 radical (unpaired) electrons. The van der Waals surface area contributed by atoms with E-state index in [-0.39, 0.29) is 24.1 Å². The fraction of sp³-hybridized carbons (Fsp3) is 0.600. The van der Waals surface area contributed by atoms with Gasteiger partial charge in [0.1, 0.15) is 5.75 Å². The van der Waals surface area contributed by atoms with Crippen molar-refractivity contribution in [3.63, 3.8) is 0 Å². The van der Waals surface area contributed by atoms with Gasteiger partial charge in [0.2, 0.25) is 0 Å². The lowest BCUT2D eigenvalue weighted by Gasteiger charge is -2.43. The first kappa shape index (κ1) is 17.2. The van der Waals surface area contributed by atoms with E-state index in [1.165, 1.54) is 0 Å². The largest absolute Gasteiger partial charge is 0.508 e. The quantitative estimate of drug-likeness (QED) is 0.795. The van der Waals surface area contributed by atoms with Gasteiger partial charge in [0.05, 0.1) is 11.7 Å². The van der Waals surface area contributed by atoms with Crippen molar-refractivity contribution in [2.75, 3.05) is 20.6 Å². The van der Waals surface area contributed by atoms with Gasteiger partial charge in [0.15, 0.2) is 0 Å². The van der Waals surface area contributed by atoms with Crippen molar-refractivity contribution in [2.24, 2.45) is 5.92 Å². The molecule has 3 atom stereocenters. The first-order valence-electron chi connectivity index (χ1n) is 6.76. The van der Waals surface area contributed by atoms with E-state index in [0.717, 1.165) is 19.4 Å². The van der Waals surface area contributed by atoms with Crippen molar-refractivity contribution in [3.8, 4) is 5.75 Å². The lowest BCUT2D eigenvalue weighted by molar-refractivity contribution is -0.0992. The normalized spacial score (nSPS) is 30.1. The van der Waals surface area contributed by atoms with Crippen LogP contribution in [0, 0.1) is 5.92 Å². The Bertz CT molecular complexity index is 441. The Hall–Kier alpha value is -0.810. The van der Waals surface area contributed by atoms with E-state index in [9.17, 15) is 15.3 Å². The average molecular weight is 302 g/mol. The SMILES string of the molecule is CN(C)CC1CCC(O)CC1(O)c1cccc(O)c1.Cl. The summed E-state index contributed by atoms with van der Waals surface area (Å²) in [5.74, 6) is 0.210. The highest BCUT2D eigenvalue weighted by Gasteiger charge is 2.43. The molecule has 0 aromatic heterocycles. The Balaban J connectivity index is 0.00000200. The maximum absolute atomic E-state index is 11.0. The Labute approximate surface area is 126 Å². The first-order valence-corrected chi connectivity index (χ1v) is 6.76. The van der Waals surface area contributed by atoms with Crippen LogP contribution in [0.1, 0.15) is 24.8 Å². The Kier molecular flexibility index (Phi) is 5.83. The minimum absolute atomic E-state index is 0. The van der Waals surface area contributed by atoms with Crippen LogP contribution in [-0.2, 0) is 5.60 Å². The molecule has 1 aromatic carbocycles. The second-order valence-electron chi connectivity index (χ2n) is 5.87. The van der Waals surface area contributed by atoms with Gasteiger partial charge in [-0.05, 0) is 44.6 Å². The van der Waals surface area contributed by atoms with Crippen LogP contribution in [-0.4, -0.2) is 47.0 Å². The summed E-state index contributed by atoms with van der Waals surface area (Å²) in [7, 11) is 3.96. The second-order valence-corrected chi connectivity index (χ2v) is 5.87. The molecule has 1 saturated carbocycles. The van der Waals surface area contributed by atoms with Gasteiger partial charge in [0, 0.05) is 18.9 Å². The van der Waals surface area contributed by atoms with Crippen LogP contribution in [0.2, 0.25) is 0 Å². The number of phenolic OH excluding ortho intramolecular Hbond substituents is 1. The van der Waals surface area contributed by atoms with E-state index in [4.69, 9.17) is 0 Å². The van der Waals surface area contributed by atoms with Gasteiger partial charge in [-0.15, -0.1) is 12.4 Å². The second kappa shape index (κ2) is 6.76. The molecule has 0 heterocycles. The summed E-state index contributed by atoms with van der Waals surface area (Å²) in [5, 5.41) is 30.5. The molecule has 3 N–H and O–H groups in total.